The molecule has 0 saturated carbocycles. The van der Waals surface area contributed by atoms with E-state index in [2.05, 4.69) is 7.32 Å². The summed E-state index contributed by atoms with van der Waals surface area (Å²) in [6.07, 6.45) is -4.39. The fourth-order valence-electron chi connectivity index (χ4n) is 0.439. The number of aliphatic hydroxyl groups is 2. The Morgan fingerprint density at radius 1 is 0.929 bits per heavy atom. The van der Waals surface area contributed by atoms with Crippen molar-refractivity contribution >= 4 is 11.9 Å². The first kappa shape index (κ1) is 13.6. The molecule has 0 saturated heterocycles. The van der Waals surface area contributed by atoms with Gasteiger partial charge in [-0.15, -0.1) is 0 Å². The third-order valence-corrected chi connectivity index (χ3v) is 1.83. The topological polar surface area (TPSA) is 127 Å². The maximum atomic E-state index is 10.6. The maximum absolute atomic E-state index is 10.6. The molecule has 0 aromatic carbocycles. The summed E-state index contributed by atoms with van der Waals surface area (Å²) in [6.45, 7) is 0. The van der Waals surface area contributed by atoms with Crippen LogP contribution < -0.4 is 0 Å². The molecule has 0 fully saturated rings. The summed E-state index contributed by atoms with van der Waals surface area (Å²) < 4.78 is 27.4. The Hall–Kier alpha value is -0.371. The van der Waals surface area contributed by atoms with E-state index in [0.29, 0.717) is 0 Å². The molecule has 0 bridgehead atoms. The summed E-state index contributed by atoms with van der Waals surface area (Å²) in [5.74, 6) is -2.82. The van der Waals surface area contributed by atoms with E-state index in [4.69, 9.17) is 10.2 Å². The molecule has 0 heterocycles. The first-order chi connectivity index (χ1) is 6.54. The first-order valence-corrected chi connectivity index (χ1v) is 5.25. The Bertz CT molecular complexity index is 226. The second-order valence-corrected chi connectivity index (χ2v) is 2.90. The molecule has 2 atom stereocenters. The van der Waals surface area contributed by atoms with Gasteiger partial charge in [0.25, 0.3) is 0 Å². The monoisotopic (exact) mass is 282 g/mol. The number of carbonyl (C=O) groups is 2. The van der Waals surface area contributed by atoms with Crippen molar-refractivity contribution in [3.8, 4) is 0 Å². The molecule has 2 unspecified atom stereocenters. The molecule has 2 N–H and O–H groups in total. The van der Waals surface area contributed by atoms with Crippen LogP contribution in [-0.2, 0) is 57.4 Å². The quantitative estimate of drug-likeness (QED) is 0.565. The van der Waals surface area contributed by atoms with E-state index in [1.165, 1.54) is 0 Å². The van der Waals surface area contributed by atoms with Crippen LogP contribution in [0.1, 0.15) is 0 Å². The van der Waals surface area contributed by atoms with Crippen molar-refractivity contribution in [1.29, 1.82) is 0 Å². The van der Waals surface area contributed by atoms with E-state index in [1.54, 1.807) is 0 Å². The number of hydrogen-bond acceptors (Lipinski definition) is 8. The molecule has 8 nitrogen and oxygen atoms in total. The SMILES string of the molecule is [O]=[V][O]C(=O)C(O)C(O)C(=O)[O][V]=[O]. The Kier molecular flexibility index (Phi) is 6.81. The van der Waals surface area contributed by atoms with Gasteiger partial charge in [0.05, 0.1) is 0 Å². The Balaban J connectivity index is 4.29. The van der Waals surface area contributed by atoms with Gasteiger partial charge in [0, 0.05) is 0 Å². The van der Waals surface area contributed by atoms with Crippen molar-refractivity contribution in [2.24, 2.45) is 0 Å². The van der Waals surface area contributed by atoms with Crippen LogP contribution in [0.15, 0.2) is 0 Å². The third-order valence-electron chi connectivity index (χ3n) is 1.04. The zero-order valence-corrected chi connectivity index (χ0v) is 9.19. The Morgan fingerprint density at radius 3 is 1.43 bits per heavy atom. The molecule has 0 radical (unpaired) electrons. The summed E-state index contributed by atoms with van der Waals surface area (Å²) in [6, 6.07) is 0. The van der Waals surface area contributed by atoms with Crippen LogP contribution in [-0.4, -0.2) is 34.4 Å². The van der Waals surface area contributed by atoms with Crippen LogP contribution >= 0.6 is 0 Å². The number of hydrogen-bond donors (Lipinski definition) is 2. The van der Waals surface area contributed by atoms with Gasteiger partial charge in [-0.25, -0.2) is 0 Å². The second kappa shape index (κ2) is 6.99. The van der Waals surface area contributed by atoms with Gasteiger partial charge in [-0.2, -0.15) is 0 Å². The summed E-state index contributed by atoms with van der Waals surface area (Å²) >= 11 is -3.95. The van der Waals surface area contributed by atoms with Crippen molar-refractivity contribution in [3.05, 3.63) is 0 Å². The summed E-state index contributed by atoms with van der Waals surface area (Å²) in [5, 5.41) is 17.7. The molecule has 0 aliphatic carbocycles. The fourth-order valence-corrected chi connectivity index (χ4v) is 1.01. The van der Waals surface area contributed by atoms with Gasteiger partial charge in [0.1, 0.15) is 0 Å². The molecule has 0 aliphatic rings. The van der Waals surface area contributed by atoms with Gasteiger partial charge in [0.15, 0.2) is 0 Å². The van der Waals surface area contributed by atoms with Crippen molar-refractivity contribution in [1.82, 2.24) is 0 Å². The van der Waals surface area contributed by atoms with E-state index in [0.717, 1.165) is 0 Å². The van der Waals surface area contributed by atoms with Crippen molar-refractivity contribution in [3.63, 3.8) is 0 Å². The number of rotatable bonds is 5. The first-order valence-electron chi connectivity index (χ1n) is 2.97. The summed E-state index contributed by atoms with van der Waals surface area (Å²) in [7, 11) is 0. The molecule has 78 valence electrons. The molecule has 10 heteroatoms. The Morgan fingerprint density at radius 2 is 1.21 bits per heavy atom. The van der Waals surface area contributed by atoms with Crippen LogP contribution in [0.2, 0.25) is 0 Å². The van der Waals surface area contributed by atoms with Crippen LogP contribution in [0, 0.1) is 0 Å². The van der Waals surface area contributed by atoms with Crippen molar-refractivity contribution in [2.45, 2.75) is 12.2 Å². The number of carbonyl (C=O) groups excluding carboxylic acids is 2. The second-order valence-electron chi connectivity index (χ2n) is 1.86. The molecule has 0 aromatic rings. The van der Waals surface area contributed by atoms with Gasteiger partial charge in [-0.1, -0.05) is 0 Å². The molecule has 0 rings (SSSR count). The molecule has 0 spiro atoms. The standard InChI is InChI=1S/C4H6O6.2O.2V/c5-1(3(7)8)2(6)4(9)10;;;;/h1-2,5-6H,(H,7,8)(H,9,10);;;;/q;;;2*+1/p-2. The van der Waals surface area contributed by atoms with Crippen LogP contribution in [0.25, 0.3) is 0 Å². The number of aliphatic hydroxyl groups excluding tert-OH is 2. The van der Waals surface area contributed by atoms with Gasteiger partial charge < -0.3 is 0 Å². The van der Waals surface area contributed by atoms with E-state index < -0.39 is 57.3 Å². The summed E-state index contributed by atoms with van der Waals surface area (Å²) in [4.78, 5) is 21.2. The predicted octanol–water partition coefficient (Wildman–Crippen LogP) is -2.52. The fraction of sp³-hybridized carbons (Fsp3) is 0.500. The van der Waals surface area contributed by atoms with E-state index in [-0.39, 0.29) is 0 Å². The third kappa shape index (κ3) is 4.23. The molecule has 14 heavy (non-hydrogen) atoms. The van der Waals surface area contributed by atoms with Crippen LogP contribution in [0.5, 0.6) is 0 Å². The minimum absolute atomic E-state index is 1.41. The van der Waals surface area contributed by atoms with Crippen molar-refractivity contribution < 1.29 is 67.6 Å². The normalized spacial score (nSPS) is 13.6. The van der Waals surface area contributed by atoms with Gasteiger partial charge in [0.2, 0.25) is 0 Å². The molecular formula is C4H4O8V2. The average Bonchev–Trinajstić information content (AvgIpc) is 2.16. The minimum atomic E-state index is -2.19. The van der Waals surface area contributed by atoms with Gasteiger partial charge >= 0.3 is 91.8 Å². The zero-order valence-electron chi connectivity index (χ0n) is 6.39. The molecule has 0 amide bonds. The predicted molar refractivity (Wildman–Crippen MR) is 25.6 cm³/mol. The molecule has 0 aliphatic heterocycles. The molecular weight excluding hydrogens is 278 g/mol. The van der Waals surface area contributed by atoms with Gasteiger partial charge in [-0.3, -0.25) is 0 Å². The van der Waals surface area contributed by atoms with Crippen molar-refractivity contribution in [2.75, 3.05) is 0 Å². The van der Waals surface area contributed by atoms with E-state index in [9.17, 15) is 16.9 Å². The van der Waals surface area contributed by atoms with E-state index in [1.807, 2.05) is 0 Å². The van der Waals surface area contributed by atoms with Crippen LogP contribution in [0.4, 0.5) is 0 Å². The van der Waals surface area contributed by atoms with Gasteiger partial charge in [-0.05, 0) is 0 Å². The summed E-state index contributed by atoms with van der Waals surface area (Å²) in [5.41, 5.74) is 0. The molecule has 0 aromatic heterocycles. The van der Waals surface area contributed by atoms with Crippen LogP contribution in [0.3, 0.4) is 0 Å². The average molecular weight is 282 g/mol. The van der Waals surface area contributed by atoms with E-state index >= 15 is 0 Å². The zero-order chi connectivity index (χ0) is 11.1. The Labute approximate surface area is 91.9 Å².